The summed E-state index contributed by atoms with van der Waals surface area (Å²) in [4.78, 5) is 38.8. The van der Waals surface area contributed by atoms with E-state index in [1.807, 2.05) is 68.6 Å². The molecule has 0 bridgehead atoms. The number of rotatable bonds is 11. The van der Waals surface area contributed by atoms with Crippen LogP contribution in [0.1, 0.15) is 62.7 Å². The smallest absolute Gasteiger partial charge is 0.301 e. The molecule has 2 aromatic carbocycles. The number of anilines is 1. The highest BCUT2D eigenvalue weighted by Crippen LogP contribution is 2.46. The molecule has 1 fully saturated rings. The number of thiazole rings is 1. The first kappa shape index (κ1) is 32.1. The zero-order chi connectivity index (χ0) is 33.4. The Morgan fingerprint density at radius 2 is 1.77 bits per heavy atom. The molecule has 1 saturated heterocycles. The molecule has 1 amide bonds. The number of amides is 1. The maximum Gasteiger partial charge on any atom is 0.301 e. The number of fused-ring (bicyclic) bond motifs is 2. The standard InChI is InChI=1S/C36H38N4O6S/c1-7-44-24-12-13-25-28(19-24)47-36(37-25)40-31(23-11-14-26(27(18-23)45-8-2)46-17-15-20(3)4)29(33(42)35(40)43)32(41)30-22(6)39-16-9-10-21(5)34(39)38-30/h9-14,16,18-20,31,41H,7-8,15,17H2,1-6H3. The van der Waals surface area contributed by atoms with Gasteiger partial charge in [0.1, 0.15) is 17.1 Å². The molecule has 1 aliphatic rings. The van der Waals surface area contributed by atoms with Crippen molar-refractivity contribution < 1.29 is 28.9 Å². The number of hydrogen-bond acceptors (Lipinski definition) is 9. The molecule has 1 aliphatic heterocycles. The van der Waals surface area contributed by atoms with Gasteiger partial charge in [-0.1, -0.05) is 37.3 Å². The first-order valence-corrected chi connectivity index (χ1v) is 16.6. The summed E-state index contributed by atoms with van der Waals surface area (Å²) in [6.07, 6.45) is 2.72. The lowest BCUT2D eigenvalue weighted by atomic mass is 9.96. The highest BCUT2D eigenvalue weighted by Gasteiger charge is 2.49. The van der Waals surface area contributed by atoms with E-state index in [1.165, 1.54) is 16.2 Å². The number of aromatic nitrogens is 3. The van der Waals surface area contributed by atoms with Crippen molar-refractivity contribution in [2.75, 3.05) is 24.7 Å². The first-order chi connectivity index (χ1) is 22.6. The molecule has 0 saturated carbocycles. The summed E-state index contributed by atoms with van der Waals surface area (Å²) in [5.41, 5.74) is 3.55. The van der Waals surface area contributed by atoms with Crippen molar-refractivity contribution in [3.8, 4) is 17.2 Å². The van der Waals surface area contributed by atoms with Crippen LogP contribution in [-0.4, -0.2) is 51.0 Å². The molecule has 244 valence electrons. The number of benzene rings is 2. The quantitative estimate of drug-likeness (QED) is 0.0890. The molecule has 1 atom stereocenters. The summed E-state index contributed by atoms with van der Waals surface area (Å²) in [6.45, 7) is 13.2. The molecule has 4 heterocycles. The van der Waals surface area contributed by atoms with Gasteiger partial charge in [-0.05, 0) is 87.6 Å². The van der Waals surface area contributed by atoms with Crippen molar-refractivity contribution in [3.05, 3.63) is 82.8 Å². The van der Waals surface area contributed by atoms with Crippen LogP contribution in [0.25, 0.3) is 21.6 Å². The molecule has 47 heavy (non-hydrogen) atoms. The fourth-order valence-corrected chi connectivity index (χ4v) is 6.78. The van der Waals surface area contributed by atoms with Gasteiger partial charge in [0.2, 0.25) is 0 Å². The van der Waals surface area contributed by atoms with Gasteiger partial charge in [-0.3, -0.25) is 14.5 Å². The van der Waals surface area contributed by atoms with E-state index < -0.39 is 17.7 Å². The largest absolute Gasteiger partial charge is 0.505 e. The van der Waals surface area contributed by atoms with Crippen LogP contribution in [0.4, 0.5) is 5.13 Å². The molecule has 1 N–H and O–H groups in total. The Morgan fingerprint density at radius 1 is 0.979 bits per heavy atom. The number of aliphatic hydroxyl groups is 1. The molecule has 0 aliphatic carbocycles. The third-order valence-corrected chi connectivity index (χ3v) is 9.17. The van der Waals surface area contributed by atoms with Gasteiger partial charge in [0.15, 0.2) is 22.4 Å². The summed E-state index contributed by atoms with van der Waals surface area (Å²) in [5.74, 6) is 0.202. The Morgan fingerprint density at radius 3 is 2.49 bits per heavy atom. The minimum absolute atomic E-state index is 0.0793. The summed E-state index contributed by atoms with van der Waals surface area (Å²) in [7, 11) is 0. The second kappa shape index (κ2) is 13.1. The van der Waals surface area contributed by atoms with Crippen LogP contribution in [0.15, 0.2) is 60.3 Å². The van der Waals surface area contributed by atoms with E-state index in [2.05, 4.69) is 13.8 Å². The van der Waals surface area contributed by atoms with Gasteiger partial charge in [0, 0.05) is 6.20 Å². The number of ether oxygens (including phenoxy) is 3. The van der Waals surface area contributed by atoms with Crippen LogP contribution in [0.2, 0.25) is 0 Å². The average molecular weight is 655 g/mol. The summed E-state index contributed by atoms with van der Waals surface area (Å²) in [6, 6.07) is 13.7. The maximum absolute atomic E-state index is 14.0. The number of pyridine rings is 1. The molecule has 5 aromatic rings. The number of imidazole rings is 1. The summed E-state index contributed by atoms with van der Waals surface area (Å²) < 4.78 is 20.4. The fourth-order valence-electron chi connectivity index (χ4n) is 5.76. The van der Waals surface area contributed by atoms with Crippen molar-refractivity contribution in [3.63, 3.8) is 0 Å². The molecule has 6 rings (SSSR count). The normalized spacial score (nSPS) is 16.1. The Kier molecular flexibility index (Phi) is 8.92. The highest BCUT2D eigenvalue weighted by atomic mass is 32.1. The van der Waals surface area contributed by atoms with Gasteiger partial charge in [0.25, 0.3) is 5.78 Å². The number of nitrogens with zero attached hydrogens (tertiary/aromatic N) is 4. The number of aryl methyl sites for hydroxylation is 2. The third-order valence-electron chi connectivity index (χ3n) is 8.15. The van der Waals surface area contributed by atoms with Crippen molar-refractivity contribution in [2.45, 2.75) is 54.0 Å². The van der Waals surface area contributed by atoms with Crippen molar-refractivity contribution in [1.29, 1.82) is 0 Å². The number of ketones is 1. The van der Waals surface area contributed by atoms with E-state index in [1.54, 1.807) is 18.2 Å². The Bertz CT molecular complexity index is 2030. The summed E-state index contributed by atoms with van der Waals surface area (Å²) >= 11 is 1.27. The van der Waals surface area contributed by atoms with E-state index in [0.717, 1.165) is 16.7 Å². The maximum atomic E-state index is 14.0. The van der Waals surface area contributed by atoms with Gasteiger partial charge in [-0.25, -0.2) is 9.97 Å². The van der Waals surface area contributed by atoms with Crippen LogP contribution < -0.4 is 19.1 Å². The molecule has 10 nitrogen and oxygen atoms in total. The van der Waals surface area contributed by atoms with Crippen LogP contribution in [-0.2, 0) is 9.59 Å². The second-order valence-electron chi connectivity index (χ2n) is 11.8. The second-order valence-corrected chi connectivity index (χ2v) is 12.8. The molecule has 0 spiro atoms. The van der Waals surface area contributed by atoms with E-state index in [4.69, 9.17) is 24.2 Å². The molecule has 1 unspecified atom stereocenters. The molecule has 0 radical (unpaired) electrons. The number of Topliss-reactive ketones (excluding diaryl/α,β-unsaturated/α-hetero) is 1. The van der Waals surface area contributed by atoms with E-state index in [0.29, 0.717) is 70.5 Å². The number of carbonyl (C=O) groups excluding carboxylic acids is 2. The van der Waals surface area contributed by atoms with Crippen LogP contribution in [0.5, 0.6) is 17.2 Å². The van der Waals surface area contributed by atoms with Gasteiger partial charge >= 0.3 is 5.91 Å². The lowest BCUT2D eigenvalue weighted by molar-refractivity contribution is -0.132. The Hall–Kier alpha value is -4.90. The van der Waals surface area contributed by atoms with E-state index in [9.17, 15) is 14.7 Å². The van der Waals surface area contributed by atoms with Crippen molar-refractivity contribution in [1.82, 2.24) is 14.4 Å². The van der Waals surface area contributed by atoms with Gasteiger partial charge < -0.3 is 23.7 Å². The molecule has 3 aromatic heterocycles. The Labute approximate surface area is 277 Å². The topological polar surface area (TPSA) is 115 Å². The molecule has 11 heteroatoms. The monoisotopic (exact) mass is 654 g/mol. The van der Waals surface area contributed by atoms with E-state index in [-0.39, 0.29) is 17.0 Å². The predicted molar refractivity (Wildman–Crippen MR) is 183 cm³/mol. The first-order valence-electron chi connectivity index (χ1n) is 15.8. The van der Waals surface area contributed by atoms with Crippen LogP contribution in [0, 0.1) is 19.8 Å². The molecular weight excluding hydrogens is 616 g/mol. The average Bonchev–Trinajstić information content (AvgIpc) is 3.69. The lowest BCUT2D eigenvalue weighted by Crippen LogP contribution is -2.29. The highest BCUT2D eigenvalue weighted by molar-refractivity contribution is 7.22. The zero-order valence-electron chi connectivity index (χ0n) is 27.4. The Balaban J connectivity index is 1.54. The van der Waals surface area contributed by atoms with Gasteiger partial charge in [0.05, 0.1) is 47.3 Å². The number of hydrogen-bond donors (Lipinski definition) is 1. The lowest BCUT2D eigenvalue weighted by Gasteiger charge is -2.24. The van der Waals surface area contributed by atoms with Gasteiger partial charge in [-0.2, -0.15) is 0 Å². The molecular formula is C36H38N4O6S. The van der Waals surface area contributed by atoms with Gasteiger partial charge in [-0.15, -0.1) is 0 Å². The van der Waals surface area contributed by atoms with Crippen molar-refractivity contribution >= 4 is 49.8 Å². The van der Waals surface area contributed by atoms with Crippen LogP contribution in [0.3, 0.4) is 0 Å². The summed E-state index contributed by atoms with van der Waals surface area (Å²) in [5, 5.41) is 12.2. The van der Waals surface area contributed by atoms with E-state index >= 15 is 0 Å². The van der Waals surface area contributed by atoms with Crippen LogP contribution >= 0.6 is 11.3 Å². The SMILES string of the molecule is CCOc1ccc2nc(N3C(=O)C(=O)C(=C(O)c4nc5c(C)cccn5c4C)C3c3ccc(OCCC(C)C)c(OCC)c3)sc2c1. The van der Waals surface area contributed by atoms with Crippen molar-refractivity contribution in [2.24, 2.45) is 5.92 Å². The fraction of sp³-hybridized carbons (Fsp3) is 0.333. The number of aliphatic hydroxyl groups excluding tert-OH is 1. The minimum Gasteiger partial charge on any atom is -0.505 e. The zero-order valence-corrected chi connectivity index (χ0v) is 28.2. The minimum atomic E-state index is -1.02. The predicted octanol–water partition coefficient (Wildman–Crippen LogP) is 7.41. The third kappa shape index (κ3) is 5.91. The number of carbonyl (C=O) groups is 2.